The molecular formula is C5H12BNO2. The molecule has 1 aliphatic rings. The van der Waals surface area contributed by atoms with E-state index in [9.17, 15) is 0 Å². The van der Waals surface area contributed by atoms with Crippen LogP contribution in [0.25, 0.3) is 0 Å². The molecule has 0 radical (unpaired) electrons. The summed E-state index contributed by atoms with van der Waals surface area (Å²) in [4.78, 5) is 1.85. The lowest BCUT2D eigenvalue weighted by Gasteiger charge is -2.13. The minimum Gasteiger partial charge on any atom is -0.437 e. The fraction of sp³-hybridized carbons (Fsp3) is 1.00. The zero-order valence-electron chi connectivity index (χ0n) is 5.62. The predicted molar refractivity (Wildman–Crippen MR) is 36.0 cm³/mol. The average molecular weight is 129 g/mol. The van der Waals surface area contributed by atoms with Crippen LogP contribution in [-0.4, -0.2) is 41.2 Å². The van der Waals surface area contributed by atoms with Gasteiger partial charge in [-0.05, 0) is 19.8 Å². The molecule has 9 heavy (non-hydrogen) atoms. The lowest BCUT2D eigenvalue weighted by atomic mass is 9.86. The molecule has 0 aromatic rings. The molecule has 1 heterocycles. The first-order valence-electron chi connectivity index (χ1n) is 3.30. The Bertz CT molecular complexity index is 99.0. The Hall–Kier alpha value is -0.0551. The van der Waals surface area contributed by atoms with E-state index in [2.05, 4.69) is 0 Å². The van der Waals surface area contributed by atoms with E-state index in [4.69, 9.17) is 10.1 Å². The minimum atomic E-state index is -0.401. The highest BCUT2D eigenvalue weighted by atomic mass is 16.3. The van der Waals surface area contributed by atoms with Crippen LogP contribution in [0.3, 0.4) is 0 Å². The van der Waals surface area contributed by atoms with Crippen molar-refractivity contribution < 1.29 is 10.1 Å². The highest BCUT2D eigenvalue weighted by Gasteiger charge is 2.25. The molecule has 0 aromatic heterocycles. The number of β-amino-alcohol motifs (C(OH)–C–C–N with tert-alkyl or cyclic N) is 1. The summed E-state index contributed by atoms with van der Waals surface area (Å²) in [5.74, 6) is 0. The molecule has 1 aliphatic heterocycles. The molecule has 1 atom stereocenters. The molecule has 0 aromatic carbocycles. The maximum absolute atomic E-state index is 9.00. The second kappa shape index (κ2) is 2.69. The van der Waals surface area contributed by atoms with Crippen LogP contribution < -0.4 is 0 Å². The molecule has 4 heteroatoms. The zero-order valence-corrected chi connectivity index (χ0v) is 5.62. The molecule has 0 saturated carbocycles. The number of hydrogen-bond acceptors (Lipinski definition) is 3. The summed E-state index contributed by atoms with van der Waals surface area (Å²) >= 11 is 0. The number of aliphatic hydroxyl groups is 1. The van der Waals surface area contributed by atoms with Gasteiger partial charge in [-0.3, -0.25) is 0 Å². The highest BCUT2D eigenvalue weighted by Crippen LogP contribution is 2.08. The van der Waals surface area contributed by atoms with E-state index < -0.39 is 7.05 Å². The van der Waals surface area contributed by atoms with E-state index in [1.54, 1.807) is 6.82 Å². The predicted octanol–water partition coefficient (Wildman–Crippen LogP) is -0.837. The first-order chi connectivity index (χ1) is 4.20. The third-order valence-corrected chi connectivity index (χ3v) is 1.72. The highest BCUT2D eigenvalue weighted by molar-refractivity contribution is 6.45. The summed E-state index contributed by atoms with van der Waals surface area (Å²) in [7, 11) is -0.401. The molecule has 1 fully saturated rings. The Balaban J connectivity index is 2.30. The Morgan fingerprint density at radius 3 is 2.56 bits per heavy atom. The van der Waals surface area contributed by atoms with Crippen LogP contribution >= 0.6 is 0 Å². The summed E-state index contributed by atoms with van der Waals surface area (Å²) in [5, 5.41) is 18.0. The van der Waals surface area contributed by atoms with Gasteiger partial charge in [-0.25, -0.2) is 0 Å². The van der Waals surface area contributed by atoms with Gasteiger partial charge >= 0.3 is 7.05 Å². The van der Waals surface area contributed by atoms with Gasteiger partial charge in [0.25, 0.3) is 0 Å². The molecule has 52 valence electrons. The van der Waals surface area contributed by atoms with Crippen molar-refractivity contribution in [3.63, 3.8) is 0 Å². The molecule has 0 bridgehead atoms. The Labute approximate surface area is 55.4 Å². The fourth-order valence-electron chi connectivity index (χ4n) is 1.11. The molecular weight excluding hydrogens is 117 g/mol. The molecule has 3 nitrogen and oxygen atoms in total. The summed E-state index contributed by atoms with van der Waals surface area (Å²) in [5.41, 5.74) is 0. The van der Waals surface area contributed by atoms with E-state index in [0.717, 1.165) is 13.0 Å². The van der Waals surface area contributed by atoms with Gasteiger partial charge in [0.2, 0.25) is 0 Å². The van der Waals surface area contributed by atoms with Gasteiger partial charge < -0.3 is 14.9 Å². The number of nitrogens with zero attached hydrogens (tertiary/aromatic N) is 1. The van der Waals surface area contributed by atoms with Gasteiger partial charge in [0, 0.05) is 6.54 Å². The van der Waals surface area contributed by atoms with Crippen molar-refractivity contribution in [1.29, 1.82) is 0 Å². The van der Waals surface area contributed by atoms with Gasteiger partial charge in [0.1, 0.15) is 0 Å². The second-order valence-corrected chi connectivity index (χ2v) is 2.57. The molecule has 1 saturated heterocycles. The first kappa shape index (κ1) is 7.06. The summed E-state index contributed by atoms with van der Waals surface area (Å²) in [6.07, 6.45) is 0.574. The number of aliphatic hydroxyl groups excluding tert-OH is 1. The Kier molecular flexibility index (Phi) is 2.11. The van der Waals surface area contributed by atoms with E-state index in [1.807, 2.05) is 4.81 Å². The van der Waals surface area contributed by atoms with E-state index in [1.165, 1.54) is 0 Å². The molecule has 0 spiro atoms. The third-order valence-electron chi connectivity index (χ3n) is 1.72. The SMILES string of the molecule is CB(O)N1CC[C@@H](O)C1. The Morgan fingerprint density at radius 1 is 1.67 bits per heavy atom. The smallest absolute Gasteiger partial charge is 0.376 e. The minimum absolute atomic E-state index is 0.223. The normalized spacial score (nSPS) is 29.0. The van der Waals surface area contributed by atoms with E-state index >= 15 is 0 Å². The third kappa shape index (κ3) is 1.68. The van der Waals surface area contributed by atoms with E-state index in [0.29, 0.717) is 6.54 Å². The maximum atomic E-state index is 9.00. The van der Waals surface area contributed by atoms with Crippen molar-refractivity contribution in [3.05, 3.63) is 0 Å². The lowest BCUT2D eigenvalue weighted by Crippen LogP contribution is -2.35. The first-order valence-corrected chi connectivity index (χ1v) is 3.30. The van der Waals surface area contributed by atoms with E-state index in [-0.39, 0.29) is 6.10 Å². The van der Waals surface area contributed by atoms with Gasteiger partial charge in [-0.15, -0.1) is 0 Å². The summed E-state index contributed by atoms with van der Waals surface area (Å²) in [6, 6.07) is 0. The van der Waals surface area contributed by atoms with Crippen LogP contribution in [0.1, 0.15) is 6.42 Å². The molecule has 0 aliphatic carbocycles. The van der Waals surface area contributed by atoms with Gasteiger partial charge in [0.15, 0.2) is 0 Å². The van der Waals surface area contributed by atoms with Crippen LogP contribution in [0.15, 0.2) is 0 Å². The van der Waals surface area contributed by atoms with Crippen LogP contribution in [-0.2, 0) is 0 Å². The van der Waals surface area contributed by atoms with Crippen molar-refractivity contribution in [2.75, 3.05) is 13.1 Å². The monoisotopic (exact) mass is 129 g/mol. The van der Waals surface area contributed by atoms with Gasteiger partial charge in [0.05, 0.1) is 6.10 Å². The van der Waals surface area contributed by atoms with Crippen LogP contribution in [0, 0.1) is 0 Å². The topological polar surface area (TPSA) is 43.7 Å². The zero-order chi connectivity index (χ0) is 6.85. The summed E-state index contributed by atoms with van der Waals surface area (Å²) < 4.78 is 0. The average Bonchev–Trinajstić information content (AvgIpc) is 2.14. The molecule has 1 rings (SSSR count). The van der Waals surface area contributed by atoms with Crippen molar-refractivity contribution in [2.24, 2.45) is 0 Å². The fourth-order valence-corrected chi connectivity index (χ4v) is 1.11. The van der Waals surface area contributed by atoms with Crippen LogP contribution in [0.5, 0.6) is 0 Å². The van der Waals surface area contributed by atoms with Crippen molar-refractivity contribution in [2.45, 2.75) is 19.3 Å². The number of rotatable bonds is 1. The van der Waals surface area contributed by atoms with Crippen molar-refractivity contribution in [1.82, 2.24) is 4.81 Å². The van der Waals surface area contributed by atoms with Crippen molar-refractivity contribution in [3.8, 4) is 0 Å². The van der Waals surface area contributed by atoms with Crippen LogP contribution in [0.2, 0.25) is 6.82 Å². The maximum Gasteiger partial charge on any atom is 0.376 e. The van der Waals surface area contributed by atoms with Gasteiger partial charge in [-0.2, -0.15) is 0 Å². The summed E-state index contributed by atoms with van der Waals surface area (Å²) in [6.45, 7) is 3.16. The van der Waals surface area contributed by atoms with Crippen LogP contribution in [0.4, 0.5) is 0 Å². The van der Waals surface area contributed by atoms with Gasteiger partial charge in [-0.1, -0.05) is 0 Å². The van der Waals surface area contributed by atoms with Crippen molar-refractivity contribution >= 4 is 7.05 Å². The molecule has 0 amide bonds. The largest absolute Gasteiger partial charge is 0.437 e. The lowest BCUT2D eigenvalue weighted by molar-refractivity contribution is 0.187. The standard InChI is InChI=1S/C5H12BNO2/c1-6(9)7-3-2-5(8)4-7/h5,8-9H,2-4H2,1H3/t5-/m1/s1. The molecule has 0 unspecified atom stereocenters. The molecule has 2 N–H and O–H groups in total. The quantitative estimate of drug-likeness (QED) is 0.454. The second-order valence-electron chi connectivity index (χ2n) is 2.57. The number of hydrogen-bond donors (Lipinski definition) is 2. The Morgan fingerprint density at radius 2 is 2.33 bits per heavy atom.